The zero-order valence-corrected chi connectivity index (χ0v) is 11.0. The second kappa shape index (κ2) is 5.20. The standard InChI is InChI=1S/C12H19N5O/c1-4-5-17-7-13-6-9(17)10-11(18)16-12(15-10)14-8(2)3/h6-8,10H,4-5H2,1-3H3,(H2,14,15,16,18). The lowest BCUT2D eigenvalue weighted by molar-refractivity contribution is -0.120. The van der Waals surface area contributed by atoms with E-state index >= 15 is 0 Å². The Balaban J connectivity index is 2.19. The van der Waals surface area contributed by atoms with Crippen LogP contribution in [0, 0.1) is 0 Å². The van der Waals surface area contributed by atoms with E-state index < -0.39 is 6.04 Å². The molecule has 98 valence electrons. The van der Waals surface area contributed by atoms with Gasteiger partial charge < -0.3 is 9.88 Å². The first-order chi connectivity index (χ1) is 8.61. The highest BCUT2D eigenvalue weighted by Gasteiger charge is 2.30. The first kappa shape index (κ1) is 12.6. The molecule has 1 aliphatic heterocycles. The summed E-state index contributed by atoms with van der Waals surface area (Å²) >= 11 is 0. The van der Waals surface area contributed by atoms with E-state index in [0.717, 1.165) is 18.7 Å². The fourth-order valence-corrected chi connectivity index (χ4v) is 1.94. The zero-order chi connectivity index (χ0) is 13.1. The van der Waals surface area contributed by atoms with E-state index in [1.807, 2.05) is 18.4 Å². The highest BCUT2D eigenvalue weighted by atomic mass is 16.2. The van der Waals surface area contributed by atoms with Gasteiger partial charge in [0, 0.05) is 12.6 Å². The quantitative estimate of drug-likeness (QED) is 0.829. The molecule has 6 heteroatoms. The normalized spacial score (nSPS) is 19.0. The third-order valence-electron chi connectivity index (χ3n) is 2.66. The Morgan fingerprint density at radius 3 is 3.00 bits per heavy atom. The van der Waals surface area contributed by atoms with Gasteiger partial charge in [0.1, 0.15) is 0 Å². The minimum Gasteiger partial charge on any atom is -0.354 e. The minimum absolute atomic E-state index is 0.101. The Morgan fingerprint density at radius 2 is 2.33 bits per heavy atom. The van der Waals surface area contributed by atoms with E-state index in [0.29, 0.717) is 5.96 Å². The van der Waals surface area contributed by atoms with Crippen molar-refractivity contribution in [3.8, 4) is 0 Å². The monoisotopic (exact) mass is 249 g/mol. The topological polar surface area (TPSA) is 71.3 Å². The summed E-state index contributed by atoms with van der Waals surface area (Å²) in [5.74, 6) is 0.445. The molecule has 0 bridgehead atoms. The van der Waals surface area contributed by atoms with Crippen molar-refractivity contribution < 1.29 is 4.79 Å². The van der Waals surface area contributed by atoms with Crippen molar-refractivity contribution in [1.29, 1.82) is 0 Å². The molecule has 1 aromatic heterocycles. The van der Waals surface area contributed by atoms with E-state index in [9.17, 15) is 4.79 Å². The van der Waals surface area contributed by atoms with Gasteiger partial charge in [-0.25, -0.2) is 9.98 Å². The average molecular weight is 249 g/mol. The van der Waals surface area contributed by atoms with Crippen LogP contribution in [0.25, 0.3) is 0 Å². The number of nitrogens with one attached hydrogen (secondary N) is 2. The van der Waals surface area contributed by atoms with E-state index in [4.69, 9.17) is 0 Å². The van der Waals surface area contributed by atoms with E-state index in [1.54, 1.807) is 12.5 Å². The number of imidazole rings is 1. The molecule has 0 radical (unpaired) electrons. The molecule has 0 saturated heterocycles. The molecule has 2 N–H and O–H groups in total. The molecular formula is C12H19N5O. The molecule has 0 aliphatic carbocycles. The Kier molecular flexibility index (Phi) is 3.64. The highest BCUT2D eigenvalue weighted by molar-refractivity contribution is 6.05. The van der Waals surface area contributed by atoms with Crippen molar-refractivity contribution in [2.75, 3.05) is 0 Å². The van der Waals surface area contributed by atoms with Crippen molar-refractivity contribution in [3.63, 3.8) is 0 Å². The van der Waals surface area contributed by atoms with Gasteiger partial charge in [0.05, 0.1) is 18.2 Å². The van der Waals surface area contributed by atoms with Crippen LogP contribution in [0.5, 0.6) is 0 Å². The second-order valence-corrected chi connectivity index (χ2v) is 4.68. The van der Waals surface area contributed by atoms with Gasteiger partial charge in [-0.05, 0) is 20.3 Å². The van der Waals surface area contributed by atoms with Crippen molar-refractivity contribution >= 4 is 11.9 Å². The van der Waals surface area contributed by atoms with Crippen LogP contribution in [0.2, 0.25) is 0 Å². The molecule has 1 unspecified atom stereocenters. The van der Waals surface area contributed by atoms with Gasteiger partial charge in [0.2, 0.25) is 0 Å². The van der Waals surface area contributed by atoms with E-state index in [-0.39, 0.29) is 11.9 Å². The van der Waals surface area contributed by atoms with Crippen LogP contribution in [0.1, 0.15) is 38.9 Å². The maximum atomic E-state index is 11.9. The molecule has 6 nitrogen and oxygen atoms in total. The highest BCUT2D eigenvalue weighted by Crippen LogP contribution is 2.21. The predicted molar refractivity (Wildman–Crippen MR) is 69.1 cm³/mol. The van der Waals surface area contributed by atoms with Crippen LogP contribution in [0.3, 0.4) is 0 Å². The van der Waals surface area contributed by atoms with Crippen LogP contribution < -0.4 is 10.6 Å². The van der Waals surface area contributed by atoms with E-state index in [1.165, 1.54) is 0 Å². The second-order valence-electron chi connectivity index (χ2n) is 4.68. The Labute approximate surface area is 107 Å². The first-order valence-corrected chi connectivity index (χ1v) is 6.27. The number of hydrogen-bond acceptors (Lipinski definition) is 4. The first-order valence-electron chi connectivity index (χ1n) is 6.27. The van der Waals surface area contributed by atoms with Gasteiger partial charge in [0.15, 0.2) is 12.0 Å². The summed E-state index contributed by atoms with van der Waals surface area (Å²) < 4.78 is 1.98. The summed E-state index contributed by atoms with van der Waals surface area (Å²) in [6.45, 7) is 6.95. The van der Waals surface area contributed by atoms with Gasteiger partial charge in [-0.15, -0.1) is 0 Å². The molecule has 1 atom stereocenters. The number of guanidine groups is 1. The maximum Gasteiger partial charge on any atom is 0.257 e. The Hall–Kier alpha value is -1.85. The van der Waals surface area contributed by atoms with Gasteiger partial charge in [-0.1, -0.05) is 6.92 Å². The number of rotatable bonds is 4. The molecule has 0 saturated carbocycles. The lowest BCUT2D eigenvalue weighted by atomic mass is 10.2. The maximum absolute atomic E-state index is 11.9. The summed E-state index contributed by atoms with van der Waals surface area (Å²) in [4.78, 5) is 20.4. The SMILES string of the molecule is CCCn1cncc1C1N=C(NC(C)C)NC1=O. The van der Waals surface area contributed by atoms with Crippen molar-refractivity contribution in [1.82, 2.24) is 20.2 Å². The number of aryl methyl sites for hydroxylation is 1. The Bertz CT molecular complexity index is 463. The molecule has 0 aromatic carbocycles. The molecule has 2 rings (SSSR count). The number of carbonyl (C=O) groups excluding carboxylic acids is 1. The average Bonchev–Trinajstić information content (AvgIpc) is 2.85. The van der Waals surface area contributed by atoms with Crippen LogP contribution in [-0.4, -0.2) is 27.5 Å². The van der Waals surface area contributed by atoms with E-state index in [2.05, 4.69) is 27.5 Å². The number of aromatic nitrogens is 2. The molecule has 2 heterocycles. The summed E-state index contributed by atoms with van der Waals surface area (Å²) in [7, 11) is 0. The van der Waals surface area contributed by atoms with Gasteiger partial charge >= 0.3 is 0 Å². The number of carbonyl (C=O) groups is 1. The molecule has 0 fully saturated rings. The van der Waals surface area contributed by atoms with Crippen molar-refractivity contribution in [2.24, 2.45) is 4.99 Å². The number of aliphatic imine (C=N–C) groups is 1. The number of nitrogens with zero attached hydrogens (tertiary/aromatic N) is 3. The smallest absolute Gasteiger partial charge is 0.257 e. The third kappa shape index (κ3) is 2.52. The fourth-order valence-electron chi connectivity index (χ4n) is 1.94. The van der Waals surface area contributed by atoms with Gasteiger partial charge in [-0.2, -0.15) is 0 Å². The lowest BCUT2D eigenvalue weighted by Crippen LogP contribution is -2.40. The molecule has 1 aromatic rings. The predicted octanol–water partition coefficient (Wildman–Crippen LogP) is 0.818. The lowest BCUT2D eigenvalue weighted by Gasteiger charge is -2.08. The van der Waals surface area contributed by atoms with Crippen LogP contribution in [0.15, 0.2) is 17.5 Å². The molecular weight excluding hydrogens is 230 g/mol. The summed E-state index contributed by atoms with van der Waals surface area (Å²) in [5, 5.41) is 5.86. The molecule has 0 spiro atoms. The Morgan fingerprint density at radius 1 is 1.56 bits per heavy atom. The van der Waals surface area contributed by atoms with Gasteiger partial charge in [-0.3, -0.25) is 10.1 Å². The van der Waals surface area contributed by atoms with Crippen LogP contribution in [0.4, 0.5) is 0 Å². The van der Waals surface area contributed by atoms with Gasteiger partial charge in [0.25, 0.3) is 5.91 Å². The molecule has 1 amide bonds. The van der Waals surface area contributed by atoms with Crippen LogP contribution in [-0.2, 0) is 11.3 Å². The minimum atomic E-state index is -0.486. The van der Waals surface area contributed by atoms with Crippen molar-refractivity contribution in [2.45, 2.75) is 45.8 Å². The third-order valence-corrected chi connectivity index (χ3v) is 2.66. The molecule has 1 aliphatic rings. The summed E-state index contributed by atoms with van der Waals surface area (Å²) in [6.07, 6.45) is 4.45. The summed E-state index contributed by atoms with van der Waals surface area (Å²) in [5.41, 5.74) is 0.843. The number of amides is 1. The summed E-state index contributed by atoms with van der Waals surface area (Å²) in [6, 6.07) is -0.247. The molecule has 18 heavy (non-hydrogen) atoms. The van der Waals surface area contributed by atoms with Crippen molar-refractivity contribution in [3.05, 3.63) is 18.2 Å². The largest absolute Gasteiger partial charge is 0.354 e. The van der Waals surface area contributed by atoms with Crippen LogP contribution >= 0.6 is 0 Å². The fraction of sp³-hybridized carbons (Fsp3) is 0.583. The number of hydrogen-bond donors (Lipinski definition) is 2. The zero-order valence-electron chi connectivity index (χ0n) is 11.0.